The SMILES string of the molecule is CCC1CCCCN1C(=O)CN(C)C(C)c1ccccc1Cl. The van der Waals surface area contributed by atoms with Crippen molar-refractivity contribution in [2.75, 3.05) is 20.1 Å². The molecule has 1 amide bonds. The number of likely N-dealkylation sites (N-methyl/N-ethyl adjacent to an activating group) is 1. The predicted molar refractivity (Wildman–Crippen MR) is 92.1 cm³/mol. The molecule has 0 spiro atoms. The summed E-state index contributed by atoms with van der Waals surface area (Å²) in [7, 11) is 2.00. The molecule has 2 unspecified atom stereocenters. The summed E-state index contributed by atoms with van der Waals surface area (Å²) < 4.78 is 0. The average molecular weight is 323 g/mol. The molecule has 0 saturated carbocycles. The van der Waals surface area contributed by atoms with Crippen molar-refractivity contribution < 1.29 is 4.79 Å². The molecule has 122 valence electrons. The van der Waals surface area contributed by atoms with Crippen molar-refractivity contribution in [2.45, 2.75) is 51.6 Å². The maximum atomic E-state index is 12.6. The van der Waals surface area contributed by atoms with E-state index in [1.165, 1.54) is 6.42 Å². The van der Waals surface area contributed by atoms with Gasteiger partial charge in [0.2, 0.25) is 5.91 Å². The van der Waals surface area contributed by atoms with Crippen molar-refractivity contribution in [1.29, 1.82) is 0 Å². The number of hydrogen-bond acceptors (Lipinski definition) is 2. The van der Waals surface area contributed by atoms with Gasteiger partial charge in [-0.3, -0.25) is 9.69 Å². The third-order valence-corrected chi connectivity index (χ3v) is 5.16. The van der Waals surface area contributed by atoms with Crippen molar-refractivity contribution in [3.8, 4) is 0 Å². The van der Waals surface area contributed by atoms with E-state index >= 15 is 0 Å². The number of halogens is 1. The molecule has 1 saturated heterocycles. The highest BCUT2D eigenvalue weighted by molar-refractivity contribution is 6.31. The van der Waals surface area contributed by atoms with Gasteiger partial charge >= 0.3 is 0 Å². The molecule has 0 aliphatic carbocycles. The first-order chi connectivity index (χ1) is 10.5. The van der Waals surface area contributed by atoms with Crippen LogP contribution in [0.2, 0.25) is 5.02 Å². The molecular weight excluding hydrogens is 296 g/mol. The van der Waals surface area contributed by atoms with Crippen LogP contribution in [0.4, 0.5) is 0 Å². The second-order valence-corrected chi connectivity index (χ2v) is 6.66. The van der Waals surface area contributed by atoms with E-state index in [9.17, 15) is 4.79 Å². The van der Waals surface area contributed by atoms with Gasteiger partial charge in [0.05, 0.1) is 6.54 Å². The number of piperidine rings is 1. The smallest absolute Gasteiger partial charge is 0.237 e. The van der Waals surface area contributed by atoms with Crippen LogP contribution in [0.3, 0.4) is 0 Å². The molecule has 0 aromatic heterocycles. The Labute approximate surface area is 139 Å². The zero-order valence-corrected chi connectivity index (χ0v) is 14.6. The van der Waals surface area contributed by atoms with Gasteiger partial charge in [0.1, 0.15) is 0 Å². The lowest BCUT2D eigenvalue weighted by Crippen LogP contribution is -2.47. The molecule has 1 aliphatic rings. The fourth-order valence-electron chi connectivity index (χ4n) is 3.25. The van der Waals surface area contributed by atoms with Gasteiger partial charge in [-0.2, -0.15) is 0 Å². The lowest BCUT2D eigenvalue weighted by Gasteiger charge is -2.37. The van der Waals surface area contributed by atoms with Gasteiger partial charge in [-0.05, 0) is 51.3 Å². The molecular formula is C18H27ClN2O. The van der Waals surface area contributed by atoms with E-state index in [-0.39, 0.29) is 11.9 Å². The Hall–Kier alpha value is -1.06. The molecule has 2 atom stereocenters. The van der Waals surface area contributed by atoms with Gasteiger partial charge in [0, 0.05) is 23.7 Å². The Morgan fingerprint density at radius 2 is 2.14 bits per heavy atom. The van der Waals surface area contributed by atoms with E-state index in [2.05, 4.69) is 23.6 Å². The van der Waals surface area contributed by atoms with Crippen LogP contribution in [-0.4, -0.2) is 41.9 Å². The predicted octanol–water partition coefficient (Wildman–Crippen LogP) is 4.12. The summed E-state index contributed by atoms with van der Waals surface area (Å²) in [4.78, 5) is 16.8. The van der Waals surface area contributed by atoms with Gasteiger partial charge in [0.15, 0.2) is 0 Å². The van der Waals surface area contributed by atoms with Crippen LogP contribution < -0.4 is 0 Å². The number of likely N-dealkylation sites (tertiary alicyclic amines) is 1. The average Bonchev–Trinajstić information content (AvgIpc) is 2.54. The molecule has 22 heavy (non-hydrogen) atoms. The van der Waals surface area contributed by atoms with Crippen molar-refractivity contribution in [3.63, 3.8) is 0 Å². The lowest BCUT2D eigenvalue weighted by atomic mass is 10.00. The molecule has 1 heterocycles. The number of amides is 1. The third kappa shape index (κ3) is 4.02. The largest absolute Gasteiger partial charge is 0.339 e. The molecule has 1 aromatic rings. The molecule has 3 nitrogen and oxygen atoms in total. The first-order valence-corrected chi connectivity index (χ1v) is 8.66. The van der Waals surface area contributed by atoms with E-state index in [0.717, 1.165) is 36.4 Å². The Morgan fingerprint density at radius 1 is 1.41 bits per heavy atom. The summed E-state index contributed by atoms with van der Waals surface area (Å²) in [6.45, 7) is 5.63. The number of nitrogens with zero attached hydrogens (tertiary/aromatic N) is 2. The van der Waals surface area contributed by atoms with E-state index in [1.807, 2.05) is 31.3 Å². The summed E-state index contributed by atoms with van der Waals surface area (Å²) >= 11 is 6.27. The monoisotopic (exact) mass is 322 g/mol. The van der Waals surface area contributed by atoms with Crippen molar-refractivity contribution in [1.82, 2.24) is 9.80 Å². The summed E-state index contributed by atoms with van der Waals surface area (Å²) in [5.41, 5.74) is 1.07. The Morgan fingerprint density at radius 3 is 2.82 bits per heavy atom. The molecule has 0 radical (unpaired) electrons. The quantitative estimate of drug-likeness (QED) is 0.814. The van der Waals surface area contributed by atoms with E-state index in [0.29, 0.717) is 12.6 Å². The standard InChI is InChI=1S/C18H27ClN2O/c1-4-15-9-7-8-12-21(15)18(22)13-20(3)14(2)16-10-5-6-11-17(16)19/h5-6,10-11,14-15H,4,7-9,12-13H2,1-3H3. The number of carbonyl (C=O) groups is 1. The highest BCUT2D eigenvalue weighted by Crippen LogP contribution is 2.26. The molecule has 2 rings (SSSR count). The lowest BCUT2D eigenvalue weighted by molar-refractivity contribution is -0.136. The number of benzene rings is 1. The zero-order chi connectivity index (χ0) is 16.1. The van der Waals surface area contributed by atoms with E-state index in [1.54, 1.807) is 0 Å². The summed E-state index contributed by atoms with van der Waals surface area (Å²) in [5.74, 6) is 0.243. The Kier molecular flexibility index (Phi) is 6.27. The minimum Gasteiger partial charge on any atom is -0.339 e. The maximum Gasteiger partial charge on any atom is 0.237 e. The molecule has 0 N–H and O–H groups in total. The fraction of sp³-hybridized carbons (Fsp3) is 0.611. The fourth-order valence-corrected chi connectivity index (χ4v) is 3.54. The molecule has 1 aromatic carbocycles. The van der Waals surface area contributed by atoms with Crippen LogP contribution >= 0.6 is 11.6 Å². The van der Waals surface area contributed by atoms with Gasteiger partial charge in [-0.25, -0.2) is 0 Å². The third-order valence-electron chi connectivity index (χ3n) is 4.82. The molecule has 1 fully saturated rings. The van der Waals surface area contributed by atoms with Crippen LogP contribution in [-0.2, 0) is 4.79 Å². The second kappa shape index (κ2) is 7.98. The van der Waals surface area contributed by atoms with Crippen LogP contribution in [0.25, 0.3) is 0 Å². The molecule has 4 heteroatoms. The summed E-state index contributed by atoms with van der Waals surface area (Å²) in [6.07, 6.45) is 4.57. The van der Waals surface area contributed by atoms with Crippen molar-refractivity contribution >= 4 is 17.5 Å². The highest BCUT2D eigenvalue weighted by atomic mass is 35.5. The first kappa shape index (κ1) is 17.3. The zero-order valence-electron chi connectivity index (χ0n) is 13.9. The van der Waals surface area contributed by atoms with Crippen LogP contribution in [0.15, 0.2) is 24.3 Å². The van der Waals surface area contributed by atoms with Crippen LogP contribution in [0.1, 0.15) is 51.1 Å². The number of carbonyl (C=O) groups excluding carboxylic acids is 1. The Balaban J connectivity index is 2.00. The van der Waals surface area contributed by atoms with Crippen LogP contribution in [0, 0.1) is 0 Å². The van der Waals surface area contributed by atoms with Crippen LogP contribution in [0.5, 0.6) is 0 Å². The second-order valence-electron chi connectivity index (χ2n) is 6.26. The normalized spacial score (nSPS) is 20.2. The van der Waals surface area contributed by atoms with E-state index in [4.69, 9.17) is 11.6 Å². The minimum atomic E-state index is 0.127. The van der Waals surface area contributed by atoms with Crippen molar-refractivity contribution in [2.24, 2.45) is 0 Å². The summed E-state index contributed by atoms with van der Waals surface area (Å²) in [6, 6.07) is 8.41. The van der Waals surface area contributed by atoms with Gasteiger partial charge in [-0.15, -0.1) is 0 Å². The topological polar surface area (TPSA) is 23.6 Å². The first-order valence-electron chi connectivity index (χ1n) is 8.28. The maximum absolute atomic E-state index is 12.6. The van der Waals surface area contributed by atoms with Crippen molar-refractivity contribution in [3.05, 3.63) is 34.9 Å². The minimum absolute atomic E-state index is 0.127. The molecule has 1 aliphatic heterocycles. The summed E-state index contributed by atoms with van der Waals surface area (Å²) in [5, 5.41) is 0.763. The van der Waals surface area contributed by atoms with Gasteiger partial charge in [0.25, 0.3) is 0 Å². The Bertz CT molecular complexity index is 506. The number of hydrogen-bond donors (Lipinski definition) is 0. The van der Waals surface area contributed by atoms with E-state index < -0.39 is 0 Å². The highest BCUT2D eigenvalue weighted by Gasteiger charge is 2.27. The van der Waals surface area contributed by atoms with Gasteiger partial charge in [-0.1, -0.05) is 36.7 Å². The number of rotatable bonds is 5. The van der Waals surface area contributed by atoms with Gasteiger partial charge < -0.3 is 4.90 Å². The molecule has 0 bridgehead atoms.